The SMILES string of the molecule is CCC(CO)NCc1cnoc1. The number of hydrogen-bond acceptors (Lipinski definition) is 4. The topological polar surface area (TPSA) is 58.3 Å². The van der Waals surface area contributed by atoms with E-state index in [0.29, 0.717) is 6.54 Å². The average Bonchev–Trinajstić information content (AvgIpc) is 2.59. The largest absolute Gasteiger partial charge is 0.395 e. The van der Waals surface area contributed by atoms with E-state index in [-0.39, 0.29) is 12.6 Å². The average molecular weight is 170 g/mol. The first-order valence-corrected chi connectivity index (χ1v) is 4.09. The Kier molecular flexibility index (Phi) is 3.76. The monoisotopic (exact) mass is 170 g/mol. The molecule has 2 N–H and O–H groups in total. The molecule has 0 bridgehead atoms. The van der Waals surface area contributed by atoms with E-state index in [0.717, 1.165) is 12.0 Å². The van der Waals surface area contributed by atoms with Crippen LogP contribution in [0.1, 0.15) is 18.9 Å². The molecule has 0 amide bonds. The third-order valence-corrected chi connectivity index (χ3v) is 1.79. The van der Waals surface area contributed by atoms with Crippen LogP contribution in [-0.2, 0) is 6.54 Å². The molecule has 1 rings (SSSR count). The fourth-order valence-electron chi connectivity index (χ4n) is 0.914. The van der Waals surface area contributed by atoms with Crippen LogP contribution in [0.2, 0.25) is 0 Å². The van der Waals surface area contributed by atoms with Crippen molar-refractivity contribution in [2.45, 2.75) is 25.9 Å². The molecule has 0 aliphatic heterocycles. The minimum atomic E-state index is 0.167. The standard InChI is InChI=1S/C8H14N2O2/c1-2-8(5-11)9-3-7-4-10-12-6-7/h4,6,8-9,11H,2-3,5H2,1H3. The lowest BCUT2D eigenvalue weighted by Crippen LogP contribution is -2.30. The van der Waals surface area contributed by atoms with Gasteiger partial charge in [0.15, 0.2) is 0 Å². The van der Waals surface area contributed by atoms with Crippen molar-refractivity contribution in [1.82, 2.24) is 10.5 Å². The quantitative estimate of drug-likeness (QED) is 0.677. The Balaban J connectivity index is 2.25. The molecule has 1 aromatic rings. The summed E-state index contributed by atoms with van der Waals surface area (Å²) in [5.74, 6) is 0. The van der Waals surface area contributed by atoms with Gasteiger partial charge in [0, 0.05) is 18.2 Å². The molecule has 0 radical (unpaired) electrons. The first-order valence-electron chi connectivity index (χ1n) is 4.09. The lowest BCUT2D eigenvalue weighted by atomic mass is 10.2. The molecule has 4 nitrogen and oxygen atoms in total. The zero-order chi connectivity index (χ0) is 8.81. The Hall–Kier alpha value is -0.870. The van der Waals surface area contributed by atoms with Crippen molar-refractivity contribution in [3.05, 3.63) is 18.0 Å². The lowest BCUT2D eigenvalue weighted by molar-refractivity contribution is 0.238. The van der Waals surface area contributed by atoms with Gasteiger partial charge >= 0.3 is 0 Å². The van der Waals surface area contributed by atoms with E-state index in [4.69, 9.17) is 5.11 Å². The van der Waals surface area contributed by atoms with Gasteiger partial charge in [0.2, 0.25) is 0 Å². The second-order valence-corrected chi connectivity index (χ2v) is 2.70. The molecule has 1 atom stereocenters. The van der Waals surface area contributed by atoms with Crippen molar-refractivity contribution in [1.29, 1.82) is 0 Å². The highest BCUT2D eigenvalue weighted by atomic mass is 16.5. The molecule has 0 saturated carbocycles. The number of rotatable bonds is 5. The van der Waals surface area contributed by atoms with Crippen LogP contribution in [0, 0.1) is 0 Å². The normalized spacial score (nSPS) is 13.2. The molecule has 0 fully saturated rings. The second-order valence-electron chi connectivity index (χ2n) is 2.70. The van der Waals surface area contributed by atoms with Gasteiger partial charge in [0.1, 0.15) is 6.26 Å². The summed E-state index contributed by atoms with van der Waals surface area (Å²) in [7, 11) is 0. The molecular formula is C8H14N2O2. The fraction of sp³-hybridized carbons (Fsp3) is 0.625. The number of nitrogens with one attached hydrogen (secondary N) is 1. The Morgan fingerprint density at radius 1 is 1.75 bits per heavy atom. The zero-order valence-electron chi connectivity index (χ0n) is 7.16. The van der Waals surface area contributed by atoms with E-state index in [9.17, 15) is 0 Å². The van der Waals surface area contributed by atoms with E-state index in [1.54, 1.807) is 12.5 Å². The van der Waals surface area contributed by atoms with E-state index in [1.165, 1.54) is 0 Å². The molecule has 0 aliphatic carbocycles. The highest BCUT2D eigenvalue weighted by molar-refractivity contribution is 4.99. The predicted molar refractivity (Wildman–Crippen MR) is 44.5 cm³/mol. The predicted octanol–water partition coefficient (Wildman–Crippen LogP) is 0.535. The van der Waals surface area contributed by atoms with Crippen LogP contribution in [0.5, 0.6) is 0 Å². The third kappa shape index (κ3) is 2.64. The number of aromatic nitrogens is 1. The van der Waals surface area contributed by atoms with Crippen LogP contribution in [-0.4, -0.2) is 22.9 Å². The lowest BCUT2D eigenvalue weighted by Gasteiger charge is -2.12. The number of aliphatic hydroxyl groups excluding tert-OH is 1. The molecule has 12 heavy (non-hydrogen) atoms. The van der Waals surface area contributed by atoms with Gasteiger partial charge in [-0.1, -0.05) is 12.1 Å². The van der Waals surface area contributed by atoms with Gasteiger partial charge in [-0.25, -0.2) is 0 Å². The third-order valence-electron chi connectivity index (χ3n) is 1.79. The Labute approximate surface area is 71.6 Å². The summed E-state index contributed by atoms with van der Waals surface area (Å²) < 4.78 is 4.66. The first-order chi connectivity index (χ1) is 5.86. The minimum absolute atomic E-state index is 0.167. The number of hydrogen-bond donors (Lipinski definition) is 2. The van der Waals surface area contributed by atoms with E-state index in [2.05, 4.69) is 15.0 Å². The van der Waals surface area contributed by atoms with Crippen molar-refractivity contribution < 1.29 is 9.63 Å². The fourth-order valence-corrected chi connectivity index (χ4v) is 0.914. The zero-order valence-corrected chi connectivity index (χ0v) is 7.16. The molecular weight excluding hydrogens is 156 g/mol. The van der Waals surface area contributed by atoms with Crippen molar-refractivity contribution >= 4 is 0 Å². The smallest absolute Gasteiger partial charge is 0.128 e. The summed E-state index contributed by atoms with van der Waals surface area (Å²) in [5, 5.41) is 15.6. The van der Waals surface area contributed by atoms with E-state index in [1.807, 2.05) is 6.92 Å². The van der Waals surface area contributed by atoms with Crippen molar-refractivity contribution in [2.24, 2.45) is 0 Å². The van der Waals surface area contributed by atoms with Crippen LogP contribution >= 0.6 is 0 Å². The van der Waals surface area contributed by atoms with Gasteiger partial charge in [-0.2, -0.15) is 0 Å². The molecule has 0 aliphatic rings. The summed E-state index contributed by atoms with van der Waals surface area (Å²) >= 11 is 0. The Morgan fingerprint density at radius 2 is 2.58 bits per heavy atom. The summed E-state index contributed by atoms with van der Waals surface area (Å²) in [6.45, 7) is 2.89. The van der Waals surface area contributed by atoms with Crippen LogP contribution in [0.15, 0.2) is 17.0 Å². The van der Waals surface area contributed by atoms with Gasteiger partial charge in [-0.3, -0.25) is 0 Å². The summed E-state index contributed by atoms with van der Waals surface area (Å²) in [5.41, 5.74) is 1.00. The van der Waals surface area contributed by atoms with Gasteiger partial charge in [-0.05, 0) is 6.42 Å². The van der Waals surface area contributed by atoms with E-state index >= 15 is 0 Å². The van der Waals surface area contributed by atoms with Gasteiger partial charge in [-0.15, -0.1) is 0 Å². The Bertz CT molecular complexity index is 195. The van der Waals surface area contributed by atoms with Crippen LogP contribution in [0.25, 0.3) is 0 Å². The number of aliphatic hydroxyl groups is 1. The van der Waals surface area contributed by atoms with Crippen LogP contribution in [0.3, 0.4) is 0 Å². The van der Waals surface area contributed by atoms with Crippen LogP contribution in [0.4, 0.5) is 0 Å². The minimum Gasteiger partial charge on any atom is -0.395 e. The van der Waals surface area contributed by atoms with Crippen molar-refractivity contribution in [3.63, 3.8) is 0 Å². The maximum atomic E-state index is 8.85. The van der Waals surface area contributed by atoms with Crippen molar-refractivity contribution in [2.75, 3.05) is 6.61 Å². The van der Waals surface area contributed by atoms with Gasteiger partial charge in [0.05, 0.1) is 12.8 Å². The summed E-state index contributed by atoms with van der Waals surface area (Å²) in [6.07, 6.45) is 4.18. The summed E-state index contributed by atoms with van der Waals surface area (Å²) in [6, 6.07) is 0.167. The van der Waals surface area contributed by atoms with Gasteiger partial charge in [0.25, 0.3) is 0 Å². The maximum absolute atomic E-state index is 8.85. The first kappa shape index (κ1) is 9.22. The molecule has 0 spiro atoms. The van der Waals surface area contributed by atoms with Gasteiger partial charge < -0.3 is 14.9 Å². The highest BCUT2D eigenvalue weighted by Crippen LogP contribution is 1.97. The maximum Gasteiger partial charge on any atom is 0.128 e. The molecule has 1 aromatic heterocycles. The van der Waals surface area contributed by atoms with Crippen LogP contribution < -0.4 is 5.32 Å². The molecule has 0 saturated heterocycles. The Morgan fingerprint density at radius 3 is 3.08 bits per heavy atom. The summed E-state index contributed by atoms with van der Waals surface area (Å²) in [4.78, 5) is 0. The second kappa shape index (κ2) is 4.90. The molecule has 1 unspecified atom stereocenters. The highest BCUT2D eigenvalue weighted by Gasteiger charge is 2.03. The number of nitrogens with zero attached hydrogens (tertiary/aromatic N) is 1. The van der Waals surface area contributed by atoms with E-state index < -0.39 is 0 Å². The molecule has 68 valence electrons. The molecule has 0 aromatic carbocycles. The van der Waals surface area contributed by atoms with Crippen molar-refractivity contribution in [3.8, 4) is 0 Å². The molecule has 4 heteroatoms. The molecule has 1 heterocycles.